The van der Waals surface area contributed by atoms with Gasteiger partial charge in [0.25, 0.3) is 0 Å². The van der Waals surface area contributed by atoms with Gasteiger partial charge < -0.3 is 14.4 Å². The van der Waals surface area contributed by atoms with Crippen LogP contribution in [0.15, 0.2) is 18.2 Å². The Morgan fingerprint density at radius 3 is 2.42 bits per heavy atom. The van der Waals surface area contributed by atoms with Crippen molar-refractivity contribution >= 4 is 11.8 Å². The van der Waals surface area contributed by atoms with E-state index < -0.39 is 5.97 Å². The Hall–Kier alpha value is -1.88. The molecular weight excluding hydrogens is 246 g/mol. The van der Waals surface area contributed by atoms with Crippen LogP contribution < -0.4 is 4.74 Å². The first kappa shape index (κ1) is 15.2. The van der Waals surface area contributed by atoms with Gasteiger partial charge in [0.05, 0.1) is 19.8 Å². The SMILES string of the molecule is COC(=O)CC(=O)c1cccc(CN(C)C)c1OC. The molecule has 0 aliphatic heterocycles. The van der Waals surface area contributed by atoms with Crippen molar-refractivity contribution in [3.8, 4) is 5.75 Å². The third-order valence-corrected chi connectivity index (χ3v) is 2.62. The third-order valence-electron chi connectivity index (χ3n) is 2.62. The van der Waals surface area contributed by atoms with Crippen LogP contribution in [-0.4, -0.2) is 45.0 Å². The number of carbonyl (C=O) groups excluding carboxylic acids is 2. The van der Waals surface area contributed by atoms with Crippen molar-refractivity contribution in [1.29, 1.82) is 0 Å². The van der Waals surface area contributed by atoms with Gasteiger partial charge >= 0.3 is 5.97 Å². The van der Waals surface area contributed by atoms with Gasteiger partial charge in [-0.25, -0.2) is 0 Å². The first-order chi connectivity index (χ1) is 8.99. The molecule has 0 aliphatic carbocycles. The van der Waals surface area contributed by atoms with Gasteiger partial charge in [0.1, 0.15) is 12.2 Å². The lowest BCUT2D eigenvalue weighted by Crippen LogP contribution is -2.14. The Kier molecular flexibility index (Phi) is 5.51. The number of carbonyl (C=O) groups is 2. The van der Waals surface area contributed by atoms with Crippen molar-refractivity contribution < 1.29 is 19.1 Å². The van der Waals surface area contributed by atoms with Crippen LogP contribution in [0.1, 0.15) is 22.3 Å². The second-order valence-electron chi connectivity index (χ2n) is 4.41. The Bertz CT molecular complexity index is 469. The van der Waals surface area contributed by atoms with E-state index in [9.17, 15) is 9.59 Å². The number of Topliss-reactive ketones (excluding diaryl/α,β-unsaturated/α-hetero) is 1. The van der Waals surface area contributed by atoms with Crippen molar-refractivity contribution in [3.05, 3.63) is 29.3 Å². The summed E-state index contributed by atoms with van der Waals surface area (Å²) in [7, 11) is 6.64. The normalized spacial score (nSPS) is 10.4. The molecule has 5 nitrogen and oxygen atoms in total. The Morgan fingerprint density at radius 1 is 1.21 bits per heavy atom. The fraction of sp³-hybridized carbons (Fsp3) is 0.429. The summed E-state index contributed by atoms with van der Waals surface area (Å²) in [5.74, 6) is -0.334. The van der Waals surface area contributed by atoms with Gasteiger partial charge in [-0.1, -0.05) is 12.1 Å². The molecule has 0 fully saturated rings. The highest BCUT2D eigenvalue weighted by Gasteiger charge is 2.18. The summed E-state index contributed by atoms with van der Waals surface area (Å²) in [6.45, 7) is 0.655. The highest BCUT2D eigenvalue weighted by atomic mass is 16.5. The smallest absolute Gasteiger partial charge is 0.313 e. The fourth-order valence-corrected chi connectivity index (χ4v) is 1.81. The zero-order valence-corrected chi connectivity index (χ0v) is 11.7. The molecule has 0 aliphatic rings. The van der Waals surface area contributed by atoms with Crippen molar-refractivity contribution in [2.45, 2.75) is 13.0 Å². The average molecular weight is 265 g/mol. The van der Waals surface area contributed by atoms with Crippen molar-refractivity contribution in [3.63, 3.8) is 0 Å². The van der Waals surface area contributed by atoms with Crippen LogP contribution in [0.25, 0.3) is 0 Å². The maximum Gasteiger partial charge on any atom is 0.313 e. The minimum Gasteiger partial charge on any atom is -0.496 e. The van der Waals surface area contributed by atoms with Crippen LogP contribution in [0, 0.1) is 0 Å². The van der Waals surface area contributed by atoms with Gasteiger partial charge in [-0.3, -0.25) is 9.59 Å². The number of methoxy groups -OCH3 is 2. The van der Waals surface area contributed by atoms with Crippen molar-refractivity contribution in [2.24, 2.45) is 0 Å². The molecule has 19 heavy (non-hydrogen) atoms. The summed E-state index contributed by atoms with van der Waals surface area (Å²) in [5.41, 5.74) is 1.32. The maximum absolute atomic E-state index is 12.0. The molecule has 0 aromatic heterocycles. The molecule has 0 saturated heterocycles. The van der Waals surface area contributed by atoms with Gasteiger partial charge in [-0.15, -0.1) is 0 Å². The number of para-hydroxylation sites is 1. The summed E-state index contributed by atoms with van der Waals surface area (Å²) in [5, 5.41) is 0. The molecule has 104 valence electrons. The first-order valence-electron chi connectivity index (χ1n) is 5.90. The molecule has 0 amide bonds. The largest absolute Gasteiger partial charge is 0.496 e. The first-order valence-corrected chi connectivity index (χ1v) is 5.90. The van der Waals surface area contributed by atoms with E-state index in [0.29, 0.717) is 17.9 Å². The standard InChI is InChI=1S/C14H19NO4/c1-15(2)9-10-6-5-7-11(14(10)19-4)12(16)8-13(17)18-3/h5-7H,8-9H2,1-4H3. The van der Waals surface area contributed by atoms with E-state index in [0.717, 1.165) is 5.56 Å². The van der Waals surface area contributed by atoms with Crippen LogP contribution >= 0.6 is 0 Å². The number of nitrogens with zero attached hydrogens (tertiary/aromatic N) is 1. The minimum absolute atomic E-state index is 0.279. The zero-order valence-electron chi connectivity index (χ0n) is 11.7. The van der Waals surface area contributed by atoms with Gasteiger partial charge in [0.2, 0.25) is 0 Å². The molecule has 0 bridgehead atoms. The Labute approximate surface area is 113 Å². The number of ketones is 1. The van der Waals surface area contributed by atoms with Crippen LogP contribution in [0.3, 0.4) is 0 Å². The Balaban J connectivity index is 3.06. The van der Waals surface area contributed by atoms with E-state index in [2.05, 4.69) is 4.74 Å². The summed E-state index contributed by atoms with van der Waals surface area (Å²) in [6.07, 6.45) is -0.279. The average Bonchev–Trinajstić information content (AvgIpc) is 2.37. The van der Waals surface area contributed by atoms with Crippen LogP contribution in [0.5, 0.6) is 5.75 Å². The third kappa shape index (κ3) is 4.06. The van der Waals surface area contributed by atoms with E-state index in [4.69, 9.17) is 4.74 Å². The van der Waals surface area contributed by atoms with E-state index in [1.165, 1.54) is 14.2 Å². The van der Waals surface area contributed by atoms with E-state index in [-0.39, 0.29) is 12.2 Å². The van der Waals surface area contributed by atoms with Crippen LogP contribution in [0.2, 0.25) is 0 Å². The Morgan fingerprint density at radius 2 is 1.89 bits per heavy atom. The van der Waals surface area contributed by atoms with Gasteiger partial charge in [0, 0.05) is 12.1 Å². The highest BCUT2D eigenvalue weighted by Crippen LogP contribution is 2.26. The molecule has 0 saturated carbocycles. The summed E-state index contributed by atoms with van der Waals surface area (Å²) >= 11 is 0. The molecule has 0 atom stereocenters. The van der Waals surface area contributed by atoms with Crippen molar-refractivity contribution in [2.75, 3.05) is 28.3 Å². The number of esters is 1. The highest BCUT2D eigenvalue weighted by molar-refractivity contribution is 6.07. The number of hydrogen-bond donors (Lipinski definition) is 0. The summed E-state index contributed by atoms with van der Waals surface area (Å²) in [6, 6.07) is 5.34. The molecule has 0 heterocycles. The number of benzene rings is 1. The topological polar surface area (TPSA) is 55.8 Å². The van der Waals surface area contributed by atoms with E-state index in [1.54, 1.807) is 12.1 Å². The van der Waals surface area contributed by atoms with Crippen LogP contribution in [0.4, 0.5) is 0 Å². The van der Waals surface area contributed by atoms with Crippen molar-refractivity contribution in [1.82, 2.24) is 4.90 Å². The lowest BCUT2D eigenvalue weighted by Gasteiger charge is -2.15. The molecule has 1 aromatic carbocycles. The molecule has 1 aromatic rings. The maximum atomic E-state index is 12.0. The van der Waals surface area contributed by atoms with Gasteiger partial charge in [0.15, 0.2) is 5.78 Å². The molecule has 0 spiro atoms. The van der Waals surface area contributed by atoms with Crippen LogP contribution in [-0.2, 0) is 16.1 Å². The molecule has 0 unspecified atom stereocenters. The lowest BCUT2D eigenvalue weighted by molar-refractivity contribution is -0.139. The summed E-state index contributed by atoms with van der Waals surface area (Å²) in [4.78, 5) is 25.2. The second-order valence-corrected chi connectivity index (χ2v) is 4.41. The predicted octanol–water partition coefficient (Wildman–Crippen LogP) is 1.50. The molecule has 0 radical (unpaired) electrons. The van der Waals surface area contributed by atoms with E-state index in [1.807, 2.05) is 25.1 Å². The molecule has 0 N–H and O–H groups in total. The lowest BCUT2D eigenvalue weighted by atomic mass is 10.0. The molecular formula is C14H19NO4. The second kappa shape index (κ2) is 6.89. The molecule has 1 rings (SSSR count). The van der Waals surface area contributed by atoms with Gasteiger partial charge in [-0.05, 0) is 20.2 Å². The monoisotopic (exact) mass is 265 g/mol. The molecule has 5 heteroatoms. The quantitative estimate of drug-likeness (QED) is 0.443. The predicted molar refractivity (Wildman–Crippen MR) is 71.3 cm³/mol. The zero-order chi connectivity index (χ0) is 14.4. The summed E-state index contributed by atoms with van der Waals surface area (Å²) < 4.78 is 9.82. The minimum atomic E-state index is -0.551. The number of ether oxygens (including phenoxy) is 2. The number of rotatable bonds is 6. The van der Waals surface area contributed by atoms with Gasteiger partial charge in [-0.2, -0.15) is 0 Å². The fourth-order valence-electron chi connectivity index (χ4n) is 1.81. The van der Waals surface area contributed by atoms with E-state index >= 15 is 0 Å². The number of hydrogen-bond acceptors (Lipinski definition) is 5.